The Kier molecular flexibility index (Phi) is 3.59. The molecule has 94 valence electrons. The summed E-state index contributed by atoms with van der Waals surface area (Å²) in [5.74, 6) is 7.75. The molecule has 0 bridgehead atoms. The molecule has 6 nitrogen and oxygen atoms in total. The van der Waals surface area contributed by atoms with Gasteiger partial charge in [0.25, 0.3) is 0 Å². The van der Waals surface area contributed by atoms with Crippen LogP contribution < -0.4 is 20.7 Å². The standard InChI is InChI=1S/C12H14N4O2/c1-17-8-3-4-10(18-2)9(7-8)12-14-6-5-11(15-12)16-13/h3-7H,13H2,1-2H3,(H,14,15,16). The van der Waals surface area contributed by atoms with Crippen molar-refractivity contribution >= 4 is 5.82 Å². The fourth-order valence-electron chi connectivity index (χ4n) is 1.56. The van der Waals surface area contributed by atoms with Crippen LogP contribution in [0.15, 0.2) is 30.5 Å². The van der Waals surface area contributed by atoms with Crippen LogP contribution in [-0.4, -0.2) is 24.2 Å². The number of benzene rings is 1. The first-order valence-electron chi connectivity index (χ1n) is 5.30. The summed E-state index contributed by atoms with van der Waals surface area (Å²) in [7, 11) is 3.20. The normalized spacial score (nSPS) is 9.94. The Morgan fingerprint density at radius 3 is 2.67 bits per heavy atom. The molecular formula is C12H14N4O2. The number of methoxy groups -OCH3 is 2. The van der Waals surface area contributed by atoms with E-state index in [1.807, 2.05) is 12.1 Å². The molecule has 1 aromatic carbocycles. The Bertz CT molecular complexity index is 545. The van der Waals surface area contributed by atoms with Crippen molar-refractivity contribution in [1.29, 1.82) is 0 Å². The number of hydrogen-bond acceptors (Lipinski definition) is 6. The van der Waals surface area contributed by atoms with Gasteiger partial charge in [-0.1, -0.05) is 0 Å². The van der Waals surface area contributed by atoms with Gasteiger partial charge in [0.15, 0.2) is 5.82 Å². The maximum Gasteiger partial charge on any atom is 0.165 e. The maximum absolute atomic E-state index is 5.33. The molecule has 6 heteroatoms. The molecular weight excluding hydrogens is 232 g/mol. The molecule has 0 saturated heterocycles. The predicted octanol–water partition coefficient (Wildman–Crippen LogP) is 1.45. The lowest BCUT2D eigenvalue weighted by Crippen LogP contribution is -2.09. The van der Waals surface area contributed by atoms with E-state index in [1.165, 1.54) is 0 Å². The van der Waals surface area contributed by atoms with Gasteiger partial charge in [0.2, 0.25) is 0 Å². The molecule has 1 aromatic heterocycles. The highest BCUT2D eigenvalue weighted by atomic mass is 16.5. The summed E-state index contributed by atoms with van der Waals surface area (Å²) in [4.78, 5) is 8.46. The van der Waals surface area contributed by atoms with Crippen LogP contribution in [0.4, 0.5) is 5.82 Å². The largest absolute Gasteiger partial charge is 0.497 e. The van der Waals surface area contributed by atoms with Crippen LogP contribution in [0.3, 0.4) is 0 Å². The van der Waals surface area contributed by atoms with Crippen molar-refractivity contribution in [2.45, 2.75) is 0 Å². The second-order valence-electron chi connectivity index (χ2n) is 3.48. The molecule has 0 radical (unpaired) electrons. The molecule has 2 aromatic rings. The summed E-state index contributed by atoms with van der Waals surface area (Å²) in [5, 5.41) is 0. The smallest absolute Gasteiger partial charge is 0.165 e. The van der Waals surface area contributed by atoms with Crippen molar-refractivity contribution in [2.24, 2.45) is 5.84 Å². The highest BCUT2D eigenvalue weighted by molar-refractivity contribution is 5.67. The first-order chi connectivity index (χ1) is 8.78. The minimum Gasteiger partial charge on any atom is -0.497 e. The third-order valence-corrected chi connectivity index (χ3v) is 2.45. The highest BCUT2D eigenvalue weighted by Crippen LogP contribution is 2.31. The van der Waals surface area contributed by atoms with Crippen molar-refractivity contribution in [3.8, 4) is 22.9 Å². The van der Waals surface area contributed by atoms with E-state index in [0.29, 0.717) is 23.1 Å². The third-order valence-electron chi connectivity index (χ3n) is 2.45. The summed E-state index contributed by atoms with van der Waals surface area (Å²) in [6, 6.07) is 7.11. The fraction of sp³-hybridized carbons (Fsp3) is 0.167. The van der Waals surface area contributed by atoms with Gasteiger partial charge in [-0.3, -0.25) is 0 Å². The Labute approximate surface area is 105 Å². The second kappa shape index (κ2) is 5.33. The van der Waals surface area contributed by atoms with E-state index < -0.39 is 0 Å². The average molecular weight is 246 g/mol. The number of rotatable bonds is 4. The van der Waals surface area contributed by atoms with Crippen LogP contribution in [0.5, 0.6) is 11.5 Å². The monoisotopic (exact) mass is 246 g/mol. The molecule has 3 N–H and O–H groups in total. The highest BCUT2D eigenvalue weighted by Gasteiger charge is 2.10. The maximum atomic E-state index is 5.33. The van der Waals surface area contributed by atoms with Crippen LogP contribution in [0.25, 0.3) is 11.4 Å². The van der Waals surface area contributed by atoms with Crippen molar-refractivity contribution in [3.05, 3.63) is 30.5 Å². The molecule has 0 amide bonds. The molecule has 0 aliphatic rings. The number of nitrogens with two attached hydrogens (primary N) is 1. The van der Waals surface area contributed by atoms with Crippen LogP contribution in [0.2, 0.25) is 0 Å². The van der Waals surface area contributed by atoms with Crippen LogP contribution in [-0.2, 0) is 0 Å². The zero-order valence-electron chi connectivity index (χ0n) is 10.2. The Balaban J connectivity index is 2.53. The van der Waals surface area contributed by atoms with Gasteiger partial charge in [-0.25, -0.2) is 15.8 Å². The summed E-state index contributed by atoms with van der Waals surface area (Å²) in [6.45, 7) is 0. The number of nitrogens with one attached hydrogen (secondary N) is 1. The zero-order valence-corrected chi connectivity index (χ0v) is 10.2. The molecule has 1 heterocycles. The predicted molar refractivity (Wildman–Crippen MR) is 68.4 cm³/mol. The average Bonchev–Trinajstić information content (AvgIpc) is 2.46. The Morgan fingerprint density at radius 2 is 2.00 bits per heavy atom. The summed E-state index contributed by atoms with van der Waals surface area (Å²) >= 11 is 0. The molecule has 2 rings (SSSR count). The van der Waals surface area contributed by atoms with Gasteiger partial charge in [0.05, 0.1) is 19.8 Å². The van der Waals surface area contributed by atoms with E-state index in [0.717, 1.165) is 5.56 Å². The topological polar surface area (TPSA) is 82.3 Å². The summed E-state index contributed by atoms with van der Waals surface area (Å²) < 4.78 is 10.5. The molecule has 0 spiro atoms. The van der Waals surface area contributed by atoms with Crippen molar-refractivity contribution in [2.75, 3.05) is 19.6 Å². The van der Waals surface area contributed by atoms with Gasteiger partial charge in [-0.15, -0.1) is 0 Å². The van der Waals surface area contributed by atoms with E-state index in [2.05, 4.69) is 15.4 Å². The molecule has 0 aliphatic heterocycles. The lowest BCUT2D eigenvalue weighted by atomic mass is 10.1. The number of anilines is 1. The number of hydrazine groups is 1. The van der Waals surface area contributed by atoms with Crippen molar-refractivity contribution in [3.63, 3.8) is 0 Å². The van der Waals surface area contributed by atoms with Crippen LogP contribution in [0.1, 0.15) is 0 Å². The minimum atomic E-state index is 0.515. The molecule has 0 aliphatic carbocycles. The number of nitrogens with zero attached hydrogens (tertiary/aromatic N) is 2. The molecule has 0 atom stereocenters. The Morgan fingerprint density at radius 1 is 1.17 bits per heavy atom. The van der Waals surface area contributed by atoms with E-state index in [4.69, 9.17) is 15.3 Å². The lowest BCUT2D eigenvalue weighted by Gasteiger charge is -2.10. The second-order valence-corrected chi connectivity index (χ2v) is 3.48. The summed E-state index contributed by atoms with van der Waals surface area (Å²) in [6.07, 6.45) is 1.62. The van der Waals surface area contributed by atoms with Gasteiger partial charge in [-0.05, 0) is 18.2 Å². The van der Waals surface area contributed by atoms with E-state index in [9.17, 15) is 0 Å². The van der Waals surface area contributed by atoms with E-state index >= 15 is 0 Å². The molecule has 0 saturated carbocycles. The number of hydrogen-bond donors (Lipinski definition) is 2. The van der Waals surface area contributed by atoms with Gasteiger partial charge in [0, 0.05) is 12.3 Å². The lowest BCUT2D eigenvalue weighted by molar-refractivity contribution is 0.404. The zero-order chi connectivity index (χ0) is 13.0. The van der Waals surface area contributed by atoms with E-state index in [-0.39, 0.29) is 0 Å². The number of ether oxygens (including phenoxy) is 2. The Hall–Kier alpha value is -2.34. The first kappa shape index (κ1) is 12.1. The van der Waals surface area contributed by atoms with Gasteiger partial charge < -0.3 is 14.9 Å². The van der Waals surface area contributed by atoms with Gasteiger partial charge in [0.1, 0.15) is 17.3 Å². The molecule has 18 heavy (non-hydrogen) atoms. The van der Waals surface area contributed by atoms with Gasteiger partial charge >= 0.3 is 0 Å². The third kappa shape index (κ3) is 2.33. The fourth-order valence-corrected chi connectivity index (χ4v) is 1.56. The quantitative estimate of drug-likeness (QED) is 0.627. The number of aromatic nitrogens is 2. The first-order valence-corrected chi connectivity index (χ1v) is 5.30. The van der Waals surface area contributed by atoms with E-state index in [1.54, 1.807) is 32.5 Å². The number of nitrogen functional groups attached to an aromatic ring is 1. The van der Waals surface area contributed by atoms with Gasteiger partial charge in [-0.2, -0.15) is 0 Å². The SMILES string of the molecule is COc1ccc(OC)c(-c2nccc(NN)n2)c1. The summed E-state index contributed by atoms with van der Waals surface area (Å²) in [5.41, 5.74) is 3.22. The van der Waals surface area contributed by atoms with Crippen molar-refractivity contribution < 1.29 is 9.47 Å². The van der Waals surface area contributed by atoms with Crippen molar-refractivity contribution in [1.82, 2.24) is 9.97 Å². The minimum absolute atomic E-state index is 0.515. The molecule has 0 unspecified atom stereocenters. The van der Waals surface area contributed by atoms with Crippen LogP contribution in [0, 0.1) is 0 Å². The molecule has 0 fully saturated rings. The van der Waals surface area contributed by atoms with Crippen LogP contribution >= 0.6 is 0 Å².